The van der Waals surface area contributed by atoms with Gasteiger partial charge in [-0.3, -0.25) is 28.4 Å². The summed E-state index contributed by atoms with van der Waals surface area (Å²) in [6, 6.07) is 1.56. The molecule has 21 nitrogen and oxygen atoms in total. The first-order valence-corrected chi connectivity index (χ1v) is 30.5. The van der Waals surface area contributed by atoms with Crippen LogP contribution in [0.3, 0.4) is 0 Å². The number of hydrogen-bond acceptors (Lipinski definition) is 19. The van der Waals surface area contributed by atoms with Gasteiger partial charge in [-0.1, -0.05) is 39.8 Å². The van der Waals surface area contributed by atoms with Gasteiger partial charge in [-0.15, -0.1) is 0 Å². The molecule has 0 aromatic carbocycles. The molecule has 1 aromatic rings. The Labute approximate surface area is 478 Å². The Hall–Kier alpha value is -3.91. The number of rotatable bonds is 4. The fourth-order valence-corrected chi connectivity index (χ4v) is 21.0. The molecule has 82 heavy (non-hydrogen) atoms. The highest BCUT2D eigenvalue weighted by Gasteiger charge is 2.91. The summed E-state index contributed by atoms with van der Waals surface area (Å²) in [5.74, 6) is -5.88. The molecule has 8 aliphatic carbocycles. The second-order valence-corrected chi connectivity index (χ2v) is 29.3. The SMILES string of the molecule is CC(=O)OC1CC2(C)C(c3ccoc3)CC3OC32C2(C)C(=O)C(O)=C3C(C)(C)C(=O)C=CC3(C)C12.CC=C(C)C(=O)OC1CCC2(C)C3CCC4C5(O)CC(O)C6(O)C(CN7CC(C)CCC7C6(C)O)C5(O)CC42OC13O.O=S(=O)(O)O. The molecule has 10 fully saturated rings. The Morgan fingerprint density at radius 3 is 2.13 bits per heavy atom. The zero-order chi connectivity index (χ0) is 60.3. The molecular weight excluding hydrogens is 1090 g/mol. The molecule has 12 aliphatic rings. The van der Waals surface area contributed by atoms with Gasteiger partial charge in [0, 0.05) is 84.4 Å². The van der Waals surface area contributed by atoms with Crippen LogP contribution in [0.2, 0.25) is 0 Å². The highest BCUT2D eigenvalue weighted by molar-refractivity contribution is 7.79. The number of allylic oxidation sites excluding steroid dienone is 5. The van der Waals surface area contributed by atoms with Crippen LogP contribution in [0, 0.1) is 56.7 Å². The summed E-state index contributed by atoms with van der Waals surface area (Å²) in [5, 5.41) is 85.5. The molecule has 5 heterocycles. The number of Topliss-reactive ketones (excluding diaryl/α,β-unsaturated/α-hetero) is 1. The molecule has 6 saturated carbocycles. The molecule has 454 valence electrons. The number of carbonyl (C=O) groups excluding carboxylic acids is 4. The van der Waals surface area contributed by atoms with Crippen molar-refractivity contribution < 1.29 is 95.8 Å². The monoisotopic (exact) mass is 1170 g/mol. The lowest BCUT2D eigenvalue weighted by molar-refractivity contribution is -0.354. The van der Waals surface area contributed by atoms with Crippen molar-refractivity contribution >= 4 is 33.9 Å². The van der Waals surface area contributed by atoms with E-state index in [4.69, 9.17) is 40.9 Å². The molecule has 22 heteroatoms. The number of nitrogens with zero attached hydrogens (tertiary/aromatic N) is 1. The molecule has 4 bridgehead atoms. The van der Waals surface area contributed by atoms with Gasteiger partial charge in [-0.05, 0) is 128 Å². The van der Waals surface area contributed by atoms with Gasteiger partial charge < -0.3 is 59.1 Å². The molecule has 22 unspecified atom stereocenters. The predicted octanol–water partition coefficient (Wildman–Crippen LogP) is 4.77. The van der Waals surface area contributed by atoms with Crippen LogP contribution >= 0.6 is 0 Å². The molecule has 9 N–H and O–H groups in total. The second kappa shape index (κ2) is 18.1. The van der Waals surface area contributed by atoms with Crippen LogP contribution in [0.4, 0.5) is 0 Å². The van der Waals surface area contributed by atoms with E-state index in [-0.39, 0.29) is 49.0 Å². The van der Waals surface area contributed by atoms with Gasteiger partial charge in [0.25, 0.3) is 0 Å². The smallest absolute Gasteiger partial charge is 0.394 e. The first-order valence-electron chi connectivity index (χ1n) is 29.1. The number of hydrogen-bond donors (Lipinski definition) is 9. The molecule has 2 spiro atoms. The lowest BCUT2D eigenvalue weighted by Crippen LogP contribution is -2.85. The molecular formula is C60H83NO20S. The van der Waals surface area contributed by atoms with Crippen molar-refractivity contribution in [3.05, 3.63) is 59.3 Å². The van der Waals surface area contributed by atoms with Crippen molar-refractivity contribution in [2.24, 2.45) is 56.7 Å². The molecule has 4 aliphatic heterocycles. The van der Waals surface area contributed by atoms with Crippen LogP contribution in [0.15, 0.2) is 58.1 Å². The third-order valence-electron chi connectivity index (χ3n) is 24.4. The van der Waals surface area contributed by atoms with Crippen molar-refractivity contribution in [2.75, 3.05) is 13.1 Å². The molecule has 4 saturated heterocycles. The highest BCUT2D eigenvalue weighted by Crippen LogP contribution is 2.82. The minimum absolute atomic E-state index is 0.0453. The maximum absolute atomic E-state index is 14.3. The number of ketones is 2. The summed E-state index contributed by atoms with van der Waals surface area (Å²) < 4.78 is 62.1. The van der Waals surface area contributed by atoms with Crippen molar-refractivity contribution in [3.8, 4) is 0 Å². The van der Waals surface area contributed by atoms with Crippen molar-refractivity contribution in [1.82, 2.24) is 4.90 Å². The fraction of sp³-hybridized carbons (Fsp3) is 0.767. The topological polar surface area (TPSA) is 341 Å². The molecule has 0 radical (unpaired) electrons. The molecule has 13 rings (SSSR count). The Bertz CT molecular complexity index is 3090. The standard InChI is InChI=1S/C32H49NO9.C28H32O7.H2O4S/c1-6-18(3)25(35)41-24-11-12-26(4)19-8-9-20-28(37)13-23(34)31(39)21(29(28,38)16-30(20,26)42-32(19,24)40)15-33-14-17(2)7-10-22(33)27(31,5)36;1-14(29)34-17-12-26(5)16(15-8-10-33-13-15)11-19-28(26,35-19)27(6)21(17)25(4)9-7-18(30)24(2,3)22(25)20(31)23(27)32;1-5(2,3)4/h6,17,19-24,34,36-40H,7-16H2,1-5H3;7-10,13,16-17,19,21,31H,11-12H2,1-6H3;(H2,1,2,3,4). The lowest BCUT2D eigenvalue weighted by atomic mass is 9.38. The number of carbonyl (C=O) groups is 4. The van der Waals surface area contributed by atoms with E-state index in [1.54, 1.807) is 65.4 Å². The average molecular weight is 1170 g/mol. The van der Waals surface area contributed by atoms with Crippen molar-refractivity contribution in [2.45, 2.75) is 216 Å². The molecule has 1 aromatic heterocycles. The number of aliphatic hydroxyl groups excluding tert-OH is 2. The zero-order valence-corrected chi connectivity index (χ0v) is 49.5. The van der Waals surface area contributed by atoms with E-state index < -0.39 is 137 Å². The van der Waals surface area contributed by atoms with E-state index in [0.717, 1.165) is 12.0 Å². The quantitative estimate of drug-likeness (QED) is 0.0848. The summed E-state index contributed by atoms with van der Waals surface area (Å²) in [4.78, 5) is 54.5. The van der Waals surface area contributed by atoms with Gasteiger partial charge in [0.1, 0.15) is 34.1 Å². The minimum Gasteiger partial charge on any atom is -0.504 e. The Morgan fingerprint density at radius 1 is 0.854 bits per heavy atom. The maximum atomic E-state index is 14.3. The number of fused-ring (bicyclic) bond motifs is 8. The van der Waals surface area contributed by atoms with Crippen LogP contribution in [-0.4, -0.2) is 165 Å². The lowest BCUT2D eigenvalue weighted by Gasteiger charge is -2.68. The van der Waals surface area contributed by atoms with Gasteiger partial charge in [0.2, 0.25) is 11.6 Å². The first kappa shape index (κ1) is 59.8. The van der Waals surface area contributed by atoms with E-state index in [0.29, 0.717) is 68.6 Å². The van der Waals surface area contributed by atoms with Gasteiger partial charge in [-0.2, -0.15) is 8.42 Å². The van der Waals surface area contributed by atoms with Crippen LogP contribution < -0.4 is 0 Å². The largest absolute Gasteiger partial charge is 0.504 e. The summed E-state index contributed by atoms with van der Waals surface area (Å²) in [5.41, 5.74) is -12.0. The maximum Gasteiger partial charge on any atom is 0.394 e. The fourth-order valence-electron chi connectivity index (χ4n) is 21.0. The van der Waals surface area contributed by atoms with E-state index in [9.17, 15) is 54.9 Å². The van der Waals surface area contributed by atoms with Gasteiger partial charge in [0.05, 0.1) is 41.2 Å². The van der Waals surface area contributed by atoms with Gasteiger partial charge in [0.15, 0.2) is 17.6 Å². The zero-order valence-electron chi connectivity index (χ0n) is 48.7. The number of furan rings is 1. The number of esters is 2. The van der Waals surface area contributed by atoms with Crippen LogP contribution in [0.1, 0.15) is 152 Å². The predicted molar refractivity (Wildman–Crippen MR) is 288 cm³/mol. The summed E-state index contributed by atoms with van der Waals surface area (Å²) >= 11 is 0. The third-order valence-corrected chi connectivity index (χ3v) is 24.4. The van der Waals surface area contributed by atoms with Crippen molar-refractivity contribution in [3.63, 3.8) is 0 Å². The van der Waals surface area contributed by atoms with Crippen molar-refractivity contribution in [1.29, 1.82) is 0 Å². The number of epoxide rings is 1. The summed E-state index contributed by atoms with van der Waals surface area (Å²) in [7, 11) is -4.67. The normalized spacial score (nSPS) is 51.6. The first-order chi connectivity index (χ1) is 37.7. The average Bonchev–Trinajstić information content (AvgIpc) is 1.50. The summed E-state index contributed by atoms with van der Waals surface area (Å²) in [6.07, 6.45) is 9.47. The number of piperidine rings is 2. The van der Waals surface area contributed by atoms with Gasteiger partial charge in [-0.25, -0.2) is 4.79 Å². The summed E-state index contributed by atoms with van der Waals surface area (Å²) in [6.45, 7) is 20.9. The highest BCUT2D eigenvalue weighted by atomic mass is 32.3. The van der Waals surface area contributed by atoms with Gasteiger partial charge >= 0.3 is 22.3 Å². The molecule has 22 atom stereocenters. The van der Waals surface area contributed by atoms with E-state index in [2.05, 4.69) is 18.7 Å². The minimum atomic E-state index is -4.67. The third kappa shape index (κ3) is 7.26. The second-order valence-electron chi connectivity index (χ2n) is 28.4. The number of aliphatic hydroxyl groups is 7. The number of ether oxygens (including phenoxy) is 4. The van der Waals surface area contributed by atoms with E-state index >= 15 is 0 Å². The van der Waals surface area contributed by atoms with E-state index in [1.165, 1.54) is 6.92 Å². The van der Waals surface area contributed by atoms with Crippen LogP contribution in [0.5, 0.6) is 0 Å². The Balaban J connectivity index is 0.000000161. The Kier molecular flexibility index (Phi) is 13.2. The van der Waals surface area contributed by atoms with Crippen LogP contribution in [-0.2, 0) is 48.5 Å². The van der Waals surface area contributed by atoms with Crippen LogP contribution in [0.25, 0.3) is 0 Å². The Morgan fingerprint density at radius 2 is 1.51 bits per heavy atom. The van der Waals surface area contributed by atoms with E-state index in [1.807, 2.05) is 26.8 Å². The molecule has 0 amide bonds.